The van der Waals surface area contributed by atoms with Gasteiger partial charge in [-0.1, -0.05) is 34.9 Å². The molecule has 5 nitrogen and oxygen atoms in total. The van der Waals surface area contributed by atoms with Crippen molar-refractivity contribution in [1.29, 1.82) is 0 Å². The molecule has 0 aliphatic heterocycles. The maximum atomic E-state index is 5.84. The van der Waals surface area contributed by atoms with E-state index in [2.05, 4.69) is 10.2 Å². The van der Waals surface area contributed by atoms with Crippen LogP contribution < -0.4 is 0 Å². The number of hydrogen-bond donors (Lipinski definition) is 0. The van der Waals surface area contributed by atoms with Gasteiger partial charge in [0.2, 0.25) is 0 Å². The lowest BCUT2D eigenvalue weighted by atomic mass is 10.6. The van der Waals surface area contributed by atoms with Gasteiger partial charge >= 0.3 is 8.80 Å². The molecular formula is C12H24N2O3S3Si. The summed E-state index contributed by atoms with van der Waals surface area (Å²) < 4.78 is 19.6. The summed E-state index contributed by atoms with van der Waals surface area (Å²) in [5.74, 6) is 0.977. The summed E-state index contributed by atoms with van der Waals surface area (Å²) in [6.45, 7) is 7.85. The third-order valence-corrected chi connectivity index (χ3v) is 8.78. The van der Waals surface area contributed by atoms with E-state index in [1.54, 1.807) is 34.9 Å². The zero-order chi connectivity index (χ0) is 15.6. The van der Waals surface area contributed by atoms with E-state index in [-0.39, 0.29) is 0 Å². The van der Waals surface area contributed by atoms with Crippen LogP contribution in [0.1, 0.15) is 27.2 Å². The van der Waals surface area contributed by atoms with Crippen molar-refractivity contribution in [2.24, 2.45) is 0 Å². The topological polar surface area (TPSA) is 53.5 Å². The smallest absolute Gasteiger partial charge is 0.374 e. The van der Waals surface area contributed by atoms with Gasteiger partial charge < -0.3 is 13.3 Å². The predicted octanol–water partition coefficient (Wildman–Crippen LogP) is 3.79. The molecule has 0 unspecified atom stereocenters. The van der Waals surface area contributed by atoms with Crippen LogP contribution in [0.4, 0.5) is 0 Å². The van der Waals surface area contributed by atoms with Crippen molar-refractivity contribution >= 4 is 43.7 Å². The molecule has 0 spiro atoms. The average Bonchev–Trinajstić information content (AvgIpc) is 2.92. The highest BCUT2D eigenvalue weighted by Crippen LogP contribution is 2.29. The van der Waals surface area contributed by atoms with Crippen molar-refractivity contribution in [3.8, 4) is 0 Å². The number of thioether (sulfide) groups is 2. The second-order valence-corrected chi connectivity index (χ2v) is 10.1. The van der Waals surface area contributed by atoms with Gasteiger partial charge in [-0.05, 0) is 33.4 Å². The van der Waals surface area contributed by atoms with Gasteiger partial charge in [-0.3, -0.25) is 0 Å². The predicted molar refractivity (Wildman–Crippen MR) is 92.5 cm³/mol. The van der Waals surface area contributed by atoms with Crippen LogP contribution in [0.2, 0.25) is 6.04 Å². The standard InChI is InChI=1S/C12H24N2O3S3Si/c1-5-15-21(16-6-2,17-7-3)10-8-9-19-12-14-13-11(18-4)20-12/h5-10H2,1-4H3. The van der Waals surface area contributed by atoms with Crippen LogP contribution in [0.25, 0.3) is 0 Å². The Morgan fingerprint density at radius 3 is 2.05 bits per heavy atom. The van der Waals surface area contributed by atoms with Gasteiger partial charge in [0.05, 0.1) is 0 Å². The first-order valence-corrected chi connectivity index (χ1v) is 12.1. The molecule has 0 atom stereocenters. The molecule has 0 N–H and O–H groups in total. The van der Waals surface area contributed by atoms with E-state index in [1.807, 2.05) is 27.0 Å². The summed E-state index contributed by atoms with van der Waals surface area (Å²) in [6.07, 6.45) is 3.01. The normalized spacial score (nSPS) is 12.0. The van der Waals surface area contributed by atoms with Crippen LogP contribution in [-0.2, 0) is 13.3 Å². The molecule has 1 heterocycles. The lowest BCUT2D eigenvalue weighted by Gasteiger charge is -2.28. The summed E-state index contributed by atoms with van der Waals surface area (Å²) in [4.78, 5) is 0. The van der Waals surface area contributed by atoms with Crippen molar-refractivity contribution in [2.45, 2.75) is 41.9 Å². The fraction of sp³-hybridized carbons (Fsp3) is 0.833. The van der Waals surface area contributed by atoms with Crippen molar-refractivity contribution in [3.63, 3.8) is 0 Å². The maximum Gasteiger partial charge on any atom is 0.500 e. The molecule has 0 aromatic carbocycles. The van der Waals surface area contributed by atoms with Crippen LogP contribution in [0.5, 0.6) is 0 Å². The molecule has 9 heteroatoms. The molecule has 0 saturated carbocycles. The van der Waals surface area contributed by atoms with Crippen LogP contribution in [-0.4, -0.2) is 50.8 Å². The molecule has 1 aromatic rings. The molecule has 1 rings (SSSR count). The van der Waals surface area contributed by atoms with Crippen LogP contribution in [0.15, 0.2) is 8.68 Å². The molecule has 21 heavy (non-hydrogen) atoms. The monoisotopic (exact) mass is 368 g/mol. The lowest BCUT2D eigenvalue weighted by Crippen LogP contribution is -2.46. The summed E-state index contributed by atoms with van der Waals surface area (Å²) >= 11 is 5.01. The second kappa shape index (κ2) is 11.0. The van der Waals surface area contributed by atoms with Gasteiger partial charge in [-0.25, -0.2) is 0 Å². The van der Waals surface area contributed by atoms with E-state index in [0.29, 0.717) is 19.8 Å². The Labute approximate surface area is 140 Å². The molecule has 0 radical (unpaired) electrons. The van der Waals surface area contributed by atoms with Gasteiger partial charge in [0.15, 0.2) is 8.68 Å². The Hall–Kier alpha value is 0.357. The van der Waals surface area contributed by atoms with Crippen LogP contribution >= 0.6 is 34.9 Å². The van der Waals surface area contributed by atoms with Crippen LogP contribution in [0.3, 0.4) is 0 Å². The van der Waals surface area contributed by atoms with E-state index in [4.69, 9.17) is 13.3 Å². The first-order valence-electron chi connectivity index (χ1n) is 7.11. The SMILES string of the molecule is CCO[Si](CCCSc1nnc(SC)s1)(OCC)OCC. The molecule has 0 aliphatic carbocycles. The molecule has 0 saturated heterocycles. The Balaban J connectivity index is 2.41. The van der Waals surface area contributed by atoms with Gasteiger partial charge in [0, 0.05) is 31.6 Å². The third kappa shape index (κ3) is 6.98. The number of hydrogen-bond acceptors (Lipinski definition) is 8. The van der Waals surface area contributed by atoms with Crippen LogP contribution in [0, 0.1) is 0 Å². The summed E-state index contributed by atoms with van der Waals surface area (Å²) in [5, 5.41) is 8.25. The highest BCUT2D eigenvalue weighted by atomic mass is 32.2. The summed E-state index contributed by atoms with van der Waals surface area (Å²) in [5.41, 5.74) is 0. The highest BCUT2D eigenvalue weighted by Gasteiger charge is 2.39. The third-order valence-electron chi connectivity index (χ3n) is 2.51. The number of rotatable bonds is 12. The van der Waals surface area contributed by atoms with Gasteiger partial charge in [-0.2, -0.15) is 0 Å². The Bertz CT molecular complexity index is 379. The van der Waals surface area contributed by atoms with Gasteiger partial charge in [-0.15, -0.1) is 10.2 Å². The van der Waals surface area contributed by atoms with E-state index in [0.717, 1.165) is 26.9 Å². The molecule has 0 aliphatic rings. The second-order valence-electron chi connectivity index (χ2n) is 3.97. The van der Waals surface area contributed by atoms with Gasteiger partial charge in [0.25, 0.3) is 0 Å². The molecule has 0 fully saturated rings. The van der Waals surface area contributed by atoms with Crippen molar-refractivity contribution in [3.05, 3.63) is 0 Å². The molecule has 122 valence electrons. The van der Waals surface area contributed by atoms with E-state index in [9.17, 15) is 0 Å². The largest absolute Gasteiger partial charge is 0.500 e. The Kier molecular flexibility index (Phi) is 10.1. The fourth-order valence-corrected chi connectivity index (χ4v) is 7.10. The lowest BCUT2D eigenvalue weighted by molar-refractivity contribution is 0.0712. The first-order chi connectivity index (χ1) is 10.2. The zero-order valence-corrected chi connectivity index (χ0v) is 16.5. The molecule has 0 amide bonds. The minimum absolute atomic E-state index is 0.632. The Morgan fingerprint density at radius 1 is 1.00 bits per heavy atom. The minimum atomic E-state index is -2.49. The highest BCUT2D eigenvalue weighted by molar-refractivity contribution is 8.02. The molecular weight excluding hydrogens is 344 g/mol. The van der Waals surface area contributed by atoms with E-state index < -0.39 is 8.80 Å². The van der Waals surface area contributed by atoms with Crippen molar-refractivity contribution < 1.29 is 13.3 Å². The number of aromatic nitrogens is 2. The fourth-order valence-electron chi connectivity index (χ4n) is 1.79. The number of nitrogens with zero attached hydrogens (tertiary/aromatic N) is 2. The quantitative estimate of drug-likeness (QED) is 0.316. The summed E-state index contributed by atoms with van der Waals surface area (Å²) in [7, 11) is -2.49. The Morgan fingerprint density at radius 2 is 1.57 bits per heavy atom. The van der Waals surface area contributed by atoms with Crippen molar-refractivity contribution in [2.75, 3.05) is 31.8 Å². The average molecular weight is 369 g/mol. The molecule has 0 bridgehead atoms. The van der Waals surface area contributed by atoms with Gasteiger partial charge in [0.1, 0.15) is 0 Å². The molecule has 1 aromatic heterocycles. The maximum absolute atomic E-state index is 5.84. The van der Waals surface area contributed by atoms with Crippen molar-refractivity contribution in [1.82, 2.24) is 10.2 Å². The zero-order valence-electron chi connectivity index (χ0n) is 13.1. The van der Waals surface area contributed by atoms with E-state index >= 15 is 0 Å². The minimum Gasteiger partial charge on any atom is -0.374 e. The van der Waals surface area contributed by atoms with E-state index in [1.165, 1.54) is 0 Å². The first kappa shape index (κ1) is 19.4. The summed E-state index contributed by atoms with van der Waals surface area (Å²) in [6, 6.07) is 0.851.